The Balaban J connectivity index is 1.63. The summed E-state index contributed by atoms with van der Waals surface area (Å²) in [5.41, 5.74) is 1.52. The van der Waals surface area contributed by atoms with Gasteiger partial charge in [-0.2, -0.15) is 4.68 Å². The number of tetrazole rings is 1. The van der Waals surface area contributed by atoms with Gasteiger partial charge in [-0.1, -0.05) is 37.2 Å². The van der Waals surface area contributed by atoms with Gasteiger partial charge in [-0.15, -0.1) is 5.10 Å². The van der Waals surface area contributed by atoms with Crippen LogP contribution < -0.4 is 5.32 Å². The first-order chi connectivity index (χ1) is 14.0. The van der Waals surface area contributed by atoms with Crippen LogP contribution in [-0.4, -0.2) is 31.9 Å². The number of halogens is 3. The van der Waals surface area contributed by atoms with Crippen LogP contribution in [0.25, 0.3) is 5.69 Å². The minimum atomic E-state index is -1.64. The molecule has 3 rings (SSSR count). The Morgan fingerprint density at radius 3 is 2.59 bits per heavy atom. The van der Waals surface area contributed by atoms with Crippen LogP contribution in [0.5, 0.6) is 0 Å². The van der Waals surface area contributed by atoms with Gasteiger partial charge in [0.25, 0.3) is 0 Å². The molecular formula is C19H18F3N5OS. The van der Waals surface area contributed by atoms with E-state index < -0.39 is 29.0 Å². The first-order valence-electron chi connectivity index (χ1n) is 8.93. The van der Waals surface area contributed by atoms with Gasteiger partial charge in [-0.3, -0.25) is 4.79 Å². The number of benzene rings is 2. The second kappa shape index (κ2) is 9.55. The number of aromatic nitrogens is 4. The highest BCUT2D eigenvalue weighted by Gasteiger charge is 2.16. The van der Waals surface area contributed by atoms with E-state index in [1.807, 2.05) is 24.3 Å². The SMILES string of the molecule is CCCCc1ccc(-n2nnnc2SCC(=O)Nc2ccc(F)c(F)c2F)cc1. The van der Waals surface area contributed by atoms with Gasteiger partial charge < -0.3 is 5.32 Å². The molecule has 152 valence electrons. The van der Waals surface area contributed by atoms with E-state index in [4.69, 9.17) is 0 Å². The fourth-order valence-corrected chi connectivity index (χ4v) is 3.25. The molecule has 6 nitrogen and oxygen atoms in total. The predicted molar refractivity (Wildman–Crippen MR) is 103 cm³/mol. The lowest BCUT2D eigenvalue weighted by molar-refractivity contribution is -0.113. The van der Waals surface area contributed by atoms with Crippen molar-refractivity contribution in [1.29, 1.82) is 0 Å². The van der Waals surface area contributed by atoms with Gasteiger partial charge >= 0.3 is 0 Å². The number of rotatable bonds is 8. The van der Waals surface area contributed by atoms with Crippen molar-refractivity contribution in [1.82, 2.24) is 20.2 Å². The van der Waals surface area contributed by atoms with Crippen molar-refractivity contribution in [3.8, 4) is 5.69 Å². The third-order valence-corrected chi connectivity index (χ3v) is 5.00. The van der Waals surface area contributed by atoms with Gasteiger partial charge in [0.1, 0.15) is 0 Å². The van der Waals surface area contributed by atoms with E-state index in [1.54, 1.807) is 0 Å². The molecule has 1 heterocycles. The molecule has 0 bridgehead atoms. The third-order valence-electron chi connectivity index (χ3n) is 4.08. The summed E-state index contributed by atoms with van der Waals surface area (Å²) in [5.74, 6) is -5.16. The third kappa shape index (κ3) is 5.14. The van der Waals surface area contributed by atoms with E-state index in [2.05, 4.69) is 27.8 Å². The molecule has 1 aromatic heterocycles. The molecule has 1 N–H and O–H groups in total. The van der Waals surface area contributed by atoms with E-state index in [-0.39, 0.29) is 5.75 Å². The Bertz CT molecular complexity index is 994. The molecule has 0 aliphatic carbocycles. The lowest BCUT2D eigenvalue weighted by Crippen LogP contribution is -2.16. The minimum Gasteiger partial charge on any atom is -0.323 e. The molecule has 0 unspecified atom stereocenters. The van der Waals surface area contributed by atoms with Crippen molar-refractivity contribution in [2.24, 2.45) is 0 Å². The summed E-state index contributed by atoms with van der Waals surface area (Å²) in [5, 5.41) is 14.0. The lowest BCUT2D eigenvalue weighted by Gasteiger charge is -2.08. The summed E-state index contributed by atoms with van der Waals surface area (Å²) in [7, 11) is 0. The van der Waals surface area contributed by atoms with Crippen molar-refractivity contribution >= 4 is 23.4 Å². The average Bonchev–Trinajstić information content (AvgIpc) is 3.20. The second-order valence-corrected chi connectivity index (χ2v) is 7.15. The van der Waals surface area contributed by atoms with E-state index in [1.165, 1.54) is 10.2 Å². The summed E-state index contributed by atoms with van der Waals surface area (Å²) in [4.78, 5) is 12.1. The number of nitrogens with zero attached hydrogens (tertiary/aromatic N) is 4. The summed E-state index contributed by atoms with van der Waals surface area (Å²) in [6.07, 6.45) is 3.22. The molecule has 0 atom stereocenters. The molecule has 2 aromatic carbocycles. The average molecular weight is 421 g/mol. The number of carbonyl (C=O) groups is 1. The summed E-state index contributed by atoms with van der Waals surface area (Å²) in [6.45, 7) is 2.13. The van der Waals surface area contributed by atoms with E-state index in [9.17, 15) is 18.0 Å². The fourth-order valence-electron chi connectivity index (χ4n) is 2.55. The number of hydrogen-bond acceptors (Lipinski definition) is 5. The highest BCUT2D eigenvalue weighted by Crippen LogP contribution is 2.22. The van der Waals surface area contributed by atoms with Crippen molar-refractivity contribution < 1.29 is 18.0 Å². The summed E-state index contributed by atoms with van der Waals surface area (Å²) >= 11 is 1.03. The number of unbranched alkanes of at least 4 members (excludes halogenated alkanes) is 1. The van der Waals surface area contributed by atoms with Crippen molar-refractivity contribution in [3.05, 3.63) is 59.4 Å². The van der Waals surface area contributed by atoms with Crippen LogP contribution in [0.2, 0.25) is 0 Å². The molecule has 0 radical (unpaired) electrons. The van der Waals surface area contributed by atoms with Crippen molar-refractivity contribution in [3.63, 3.8) is 0 Å². The van der Waals surface area contributed by atoms with Gasteiger partial charge in [0.15, 0.2) is 17.5 Å². The van der Waals surface area contributed by atoms with E-state index in [0.717, 1.165) is 48.8 Å². The Kier molecular flexibility index (Phi) is 6.86. The maximum atomic E-state index is 13.7. The molecule has 0 spiro atoms. The maximum Gasteiger partial charge on any atom is 0.234 e. The van der Waals surface area contributed by atoms with E-state index in [0.29, 0.717) is 5.16 Å². The van der Waals surface area contributed by atoms with Gasteiger partial charge in [-0.05, 0) is 53.1 Å². The number of hydrogen-bond donors (Lipinski definition) is 1. The fraction of sp³-hybridized carbons (Fsp3) is 0.263. The Hall–Kier alpha value is -2.88. The second-order valence-electron chi connectivity index (χ2n) is 6.20. The van der Waals surface area contributed by atoms with Gasteiger partial charge in [0, 0.05) is 0 Å². The van der Waals surface area contributed by atoms with Crippen LogP contribution in [-0.2, 0) is 11.2 Å². The summed E-state index contributed by atoms with van der Waals surface area (Å²) in [6, 6.07) is 9.48. The normalized spacial score (nSPS) is 10.9. The number of aryl methyl sites for hydroxylation is 1. The van der Waals surface area contributed by atoms with Crippen LogP contribution in [0.3, 0.4) is 0 Å². The number of anilines is 1. The zero-order valence-electron chi connectivity index (χ0n) is 15.5. The molecule has 0 saturated heterocycles. The number of carbonyl (C=O) groups excluding carboxylic acids is 1. The Labute approximate surface area is 169 Å². The van der Waals surface area contributed by atoms with Gasteiger partial charge in [0.2, 0.25) is 11.1 Å². The minimum absolute atomic E-state index is 0.145. The number of amides is 1. The molecule has 0 aliphatic heterocycles. The monoisotopic (exact) mass is 421 g/mol. The van der Waals surface area contributed by atoms with Crippen molar-refractivity contribution in [2.45, 2.75) is 31.3 Å². The molecule has 0 fully saturated rings. The maximum absolute atomic E-state index is 13.7. The smallest absolute Gasteiger partial charge is 0.234 e. The van der Waals surface area contributed by atoms with E-state index >= 15 is 0 Å². The van der Waals surface area contributed by atoms with Crippen LogP contribution in [0.4, 0.5) is 18.9 Å². The molecule has 29 heavy (non-hydrogen) atoms. The van der Waals surface area contributed by atoms with Crippen LogP contribution in [0.1, 0.15) is 25.3 Å². The standard InChI is InChI=1S/C19H18F3N5OS/c1-2-3-4-12-5-7-13(8-6-12)27-19(24-25-26-27)29-11-16(28)23-15-10-9-14(20)17(21)18(15)22/h5-10H,2-4,11H2,1H3,(H,23,28). The highest BCUT2D eigenvalue weighted by molar-refractivity contribution is 7.99. The van der Waals surface area contributed by atoms with Crippen LogP contribution in [0, 0.1) is 17.5 Å². The van der Waals surface area contributed by atoms with Crippen LogP contribution in [0.15, 0.2) is 41.6 Å². The Morgan fingerprint density at radius 1 is 1.10 bits per heavy atom. The first-order valence-corrected chi connectivity index (χ1v) is 9.92. The number of thioether (sulfide) groups is 1. The van der Waals surface area contributed by atoms with Gasteiger partial charge in [0.05, 0.1) is 17.1 Å². The number of nitrogens with one attached hydrogen (secondary N) is 1. The molecule has 1 amide bonds. The predicted octanol–water partition coefficient (Wildman–Crippen LogP) is 4.15. The zero-order valence-corrected chi connectivity index (χ0v) is 16.3. The Morgan fingerprint density at radius 2 is 1.86 bits per heavy atom. The zero-order chi connectivity index (χ0) is 20.8. The summed E-state index contributed by atoms with van der Waals surface area (Å²) < 4.78 is 41.4. The largest absolute Gasteiger partial charge is 0.323 e. The van der Waals surface area contributed by atoms with Gasteiger partial charge in [-0.25, -0.2) is 13.2 Å². The molecule has 3 aromatic rings. The molecule has 0 saturated carbocycles. The quantitative estimate of drug-likeness (QED) is 0.437. The molecule has 10 heteroatoms. The molecule has 0 aliphatic rings. The van der Waals surface area contributed by atoms with Crippen molar-refractivity contribution in [2.75, 3.05) is 11.1 Å². The van der Waals surface area contributed by atoms with Crippen LogP contribution >= 0.6 is 11.8 Å². The molecular weight excluding hydrogens is 403 g/mol. The first kappa shape index (κ1) is 20.8. The topological polar surface area (TPSA) is 72.7 Å². The highest BCUT2D eigenvalue weighted by atomic mass is 32.2. The lowest BCUT2D eigenvalue weighted by atomic mass is 10.1.